The van der Waals surface area contributed by atoms with Crippen LogP contribution in [-0.4, -0.2) is 39.6 Å². The van der Waals surface area contributed by atoms with E-state index in [1.165, 1.54) is 24.4 Å². The minimum atomic E-state index is -0.563. The lowest BCUT2D eigenvalue weighted by Gasteiger charge is -2.24. The molecule has 4 N–H and O–H groups in total. The predicted molar refractivity (Wildman–Crippen MR) is 181 cm³/mol. The second kappa shape index (κ2) is 14.8. The van der Waals surface area contributed by atoms with Crippen molar-refractivity contribution in [3.8, 4) is 11.5 Å². The number of nitrogens with two attached hydrogens (primary N) is 1. The second-order valence-corrected chi connectivity index (χ2v) is 10.8. The summed E-state index contributed by atoms with van der Waals surface area (Å²) in [5, 5.41) is 20.8. The number of aromatic nitrogens is 1. The quantitative estimate of drug-likeness (QED) is 0.146. The largest absolute Gasteiger partial charge is 0.506 e. The van der Waals surface area contributed by atoms with E-state index in [1.807, 2.05) is 71.6 Å². The van der Waals surface area contributed by atoms with Gasteiger partial charge in [-0.2, -0.15) is 0 Å². The highest BCUT2D eigenvalue weighted by molar-refractivity contribution is 6.32. The average molecular weight is 631 g/mol. The first-order valence-corrected chi connectivity index (χ1v) is 14.8. The molecule has 5 aromatic carbocycles. The fraction of sp³-hybridized carbons (Fsp3) is 0.0811. The number of ether oxygens (including phenoxy) is 1. The fourth-order valence-corrected chi connectivity index (χ4v) is 5.20. The molecule has 0 saturated carbocycles. The van der Waals surface area contributed by atoms with Crippen LogP contribution in [0.4, 0.5) is 0 Å². The van der Waals surface area contributed by atoms with Gasteiger partial charge < -0.3 is 25.9 Å². The summed E-state index contributed by atoms with van der Waals surface area (Å²) >= 11 is 5.50. The van der Waals surface area contributed by atoms with Crippen molar-refractivity contribution in [3.05, 3.63) is 149 Å². The number of halogens is 1. The number of primary amides is 1. The summed E-state index contributed by atoms with van der Waals surface area (Å²) in [4.78, 5) is 30.0. The third-order valence-corrected chi connectivity index (χ3v) is 7.65. The lowest BCUT2D eigenvalue weighted by molar-refractivity contribution is -0.134. The molecule has 6 aromatic rings. The molecular formula is C37H31ClN4O4. The summed E-state index contributed by atoms with van der Waals surface area (Å²) in [5.41, 5.74) is 8.10. The molecule has 2 amide bonds. The van der Waals surface area contributed by atoms with E-state index in [0.29, 0.717) is 18.8 Å². The van der Waals surface area contributed by atoms with Gasteiger partial charge in [-0.25, -0.2) is 0 Å². The number of nitrogens with zero attached hydrogens (tertiary/aromatic N) is 2. The Kier molecular flexibility index (Phi) is 10.2. The maximum absolute atomic E-state index is 13.5. The van der Waals surface area contributed by atoms with E-state index < -0.39 is 5.91 Å². The van der Waals surface area contributed by atoms with Gasteiger partial charge in [0.2, 0.25) is 5.91 Å². The van der Waals surface area contributed by atoms with Gasteiger partial charge in [-0.1, -0.05) is 84.4 Å². The molecule has 9 heteroatoms. The number of nitrogens with one attached hydrogen (secondary N) is 1. The molecule has 6 rings (SSSR count). The number of amides is 2. The van der Waals surface area contributed by atoms with Crippen LogP contribution < -0.4 is 10.5 Å². The monoisotopic (exact) mass is 630 g/mol. The molecule has 0 aliphatic carbocycles. The molecule has 0 atom stereocenters. The van der Waals surface area contributed by atoms with Crippen molar-refractivity contribution in [3.63, 3.8) is 0 Å². The number of phenols is 1. The molecule has 0 saturated heterocycles. The first-order chi connectivity index (χ1) is 22.3. The topological polar surface area (TPSA) is 130 Å². The van der Waals surface area contributed by atoms with Gasteiger partial charge in [0.15, 0.2) is 6.61 Å². The minimum Gasteiger partial charge on any atom is -0.506 e. The number of carbonyl (C=O) groups excluding carboxylic acids is 2. The van der Waals surface area contributed by atoms with E-state index in [2.05, 4.69) is 29.2 Å². The van der Waals surface area contributed by atoms with Crippen LogP contribution in [0.25, 0.3) is 21.5 Å². The van der Waals surface area contributed by atoms with E-state index >= 15 is 0 Å². The standard InChI is InChI=1S/C30H25N3O2.C7H6ClNO2/c31-17-24-14-15-29(28-13-4-3-12-27(24)28)35-21-30(34)33(19-22-7-6-16-32-18-22)20-25-10-5-9-23-8-1-2-11-26(23)25;8-5-3-4(7(9)11)1-2-6(5)10/h1-18,31H,19-21H2;1-3,10H,(H2,9,11). The molecule has 0 unspecified atom stereocenters. The number of aromatic hydroxyl groups is 1. The van der Waals surface area contributed by atoms with E-state index in [4.69, 9.17) is 32.6 Å². The molecule has 0 aliphatic rings. The maximum atomic E-state index is 13.5. The van der Waals surface area contributed by atoms with Crippen molar-refractivity contribution in [2.24, 2.45) is 5.73 Å². The Hall–Kier alpha value is -5.73. The average Bonchev–Trinajstić information content (AvgIpc) is 3.08. The highest BCUT2D eigenvalue weighted by atomic mass is 35.5. The summed E-state index contributed by atoms with van der Waals surface area (Å²) in [6.45, 7) is 0.817. The smallest absolute Gasteiger partial charge is 0.261 e. The predicted octanol–water partition coefficient (Wildman–Crippen LogP) is 7.14. The SMILES string of the molecule is N=Cc1ccc(OCC(=O)N(Cc2cccnc2)Cc2cccc3ccccc23)c2ccccc12.NC(=O)c1ccc(O)c(Cl)c1. The number of benzene rings is 5. The number of carbonyl (C=O) groups is 2. The number of phenolic OH excluding ortho intramolecular Hbond substituents is 1. The second-order valence-electron chi connectivity index (χ2n) is 10.4. The van der Waals surface area contributed by atoms with E-state index in [-0.39, 0.29) is 28.8 Å². The van der Waals surface area contributed by atoms with E-state index in [0.717, 1.165) is 38.2 Å². The van der Waals surface area contributed by atoms with E-state index in [9.17, 15) is 9.59 Å². The van der Waals surface area contributed by atoms with Crippen LogP contribution >= 0.6 is 11.6 Å². The number of hydrogen-bond donors (Lipinski definition) is 3. The number of pyridine rings is 1. The molecule has 0 spiro atoms. The molecule has 46 heavy (non-hydrogen) atoms. The molecule has 0 fully saturated rings. The molecule has 0 radical (unpaired) electrons. The Balaban J connectivity index is 0.000000322. The van der Waals surface area contributed by atoms with Crippen LogP contribution in [0.2, 0.25) is 5.02 Å². The zero-order chi connectivity index (χ0) is 32.5. The lowest BCUT2D eigenvalue weighted by Crippen LogP contribution is -2.34. The van der Waals surface area contributed by atoms with Gasteiger partial charge in [0.1, 0.15) is 11.5 Å². The summed E-state index contributed by atoms with van der Waals surface area (Å²) in [6.07, 6.45) is 4.84. The Morgan fingerprint density at radius 1 is 0.870 bits per heavy atom. The van der Waals surface area contributed by atoms with Crippen molar-refractivity contribution >= 4 is 51.2 Å². The van der Waals surface area contributed by atoms with Crippen molar-refractivity contribution in [1.82, 2.24) is 9.88 Å². The molecule has 0 aliphatic heterocycles. The summed E-state index contributed by atoms with van der Waals surface area (Å²) < 4.78 is 6.04. The minimum absolute atomic E-state index is 0.0586. The van der Waals surface area contributed by atoms with E-state index in [1.54, 1.807) is 12.4 Å². The number of fused-ring (bicyclic) bond motifs is 2. The molecule has 8 nitrogen and oxygen atoms in total. The highest BCUT2D eigenvalue weighted by Crippen LogP contribution is 2.28. The van der Waals surface area contributed by atoms with Crippen LogP contribution in [0.3, 0.4) is 0 Å². The first kappa shape index (κ1) is 31.7. The van der Waals surface area contributed by atoms with Crippen LogP contribution in [-0.2, 0) is 17.9 Å². The van der Waals surface area contributed by atoms with Crippen molar-refractivity contribution < 1.29 is 19.4 Å². The number of hydrogen-bond acceptors (Lipinski definition) is 6. The zero-order valence-electron chi connectivity index (χ0n) is 24.8. The third-order valence-electron chi connectivity index (χ3n) is 7.35. The fourth-order valence-electron chi connectivity index (χ4n) is 5.02. The van der Waals surface area contributed by atoms with Crippen LogP contribution in [0.1, 0.15) is 27.0 Å². The van der Waals surface area contributed by atoms with Gasteiger partial charge in [0, 0.05) is 48.2 Å². The van der Waals surface area contributed by atoms with Gasteiger partial charge in [-0.05, 0) is 63.7 Å². The molecule has 0 bridgehead atoms. The highest BCUT2D eigenvalue weighted by Gasteiger charge is 2.18. The maximum Gasteiger partial charge on any atom is 0.261 e. The van der Waals surface area contributed by atoms with Crippen molar-refractivity contribution in [2.75, 3.05) is 6.61 Å². The molecule has 230 valence electrons. The molecule has 1 heterocycles. The molecule has 1 aromatic heterocycles. The third kappa shape index (κ3) is 7.67. The first-order valence-electron chi connectivity index (χ1n) is 14.4. The summed E-state index contributed by atoms with van der Waals surface area (Å²) in [5.74, 6) is -0.100. The normalized spacial score (nSPS) is 10.5. The van der Waals surface area contributed by atoms with Gasteiger partial charge >= 0.3 is 0 Å². The van der Waals surface area contributed by atoms with Crippen molar-refractivity contribution in [1.29, 1.82) is 5.41 Å². The Morgan fingerprint density at radius 2 is 1.61 bits per heavy atom. The van der Waals surface area contributed by atoms with Gasteiger partial charge in [-0.3, -0.25) is 14.6 Å². The molecular weight excluding hydrogens is 600 g/mol. The van der Waals surface area contributed by atoms with Crippen LogP contribution in [0, 0.1) is 5.41 Å². The Labute approximate surface area is 271 Å². The van der Waals surface area contributed by atoms with Crippen LogP contribution in [0.5, 0.6) is 11.5 Å². The number of rotatable bonds is 9. The van der Waals surface area contributed by atoms with Crippen LogP contribution in [0.15, 0.2) is 122 Å². The Morgan fingerprint density at radius 3 is 2.33 bits per heavy atom. The van der Waals surface area contributed by atoms with Crippen molar-refractivity contribution in [2.45, 2.75) is 13.1 Å². The lowest BCUT2D eigenvalue weighted by atomic mass is 10.0. The summed E-state index contributed by atoms with van der Waals surface area (Å²) in [7, 11) is 0. The summed E-state index contributed by atoms with van der Waals surface area (Å²) in [6, 6.07) is 33.7. The van der Waals surface area contributed by atoms with Gasteiger partial charge in [-0.15, -0.1) is 0 Å². The van der Waals surface area contributed by atoms with Gasteiger partial charge in [0.25, 0.3) is 5.91 Å². The Bertz CT molecular complexity index is 2010. The zero-order valence-corrected chi connectivity index (χ0v) is 25.5. The van der Waals surface area contributed by atoms with Gasteiger partial charge in [0.05, 0.1) is 5.02 Å².